The summed E-state index contributed by atoms with van der Waals surface area (Å²) in [4.78, 5) is 13.9. The number of fused-ring (bicyclic) bond motifs is 1. The first-order chi connectivity index (χ1) is 13.7. The molecule has 2 aromatic rings. The Kier molecular flexibility index (Phi) is 6.94. The minimum absolute atomic E-state index is 0.125. The minimum Gasteiger partial charge on any atom is -0.490 e. The van der Waals surface area contributed by atoms with Crippen LogP contribution in [0.4, 0.5) is 5.00 Å². The number of nitrogens with one attached hydrogen (secondary N) is 1. The number of rotatable bonds is 7. The number of amides is 1. The van der Waals surface area contributed by atoms with Crippen LogP contribution in [-0.4, -0.2) is 19.1 Å². The number of thiophene rings is 1. The lowest BCUT2D eigenvalue weighted by Gasteiger charge is -2.12. The molecule has 5 nitrogen and oxygen atoms in total. The van der Waals surface area contributed by atoms with Crippen molar-refractivity contribution in [2.45, 2.75) is 52.4 Å². The number of benzene rings is 1. The van der Waals surface area contributed by atoms with Crippen LogP contribution in [0.15, 0.2) is 18.2 Å². The largest absolute Gasteiger partial charge is 0.490 e. The molecule has 148 valence electrons. The fraction of sp³-hybridized carbons (Fsp3) is 0.455. The Morgan fingerprint density at radius 2 is 1.89 bits per heavy atom. The molecular formula is C22H26N2O3S. The van der Waals surface area contributed by atoms with Gasteiger partial charge in [0, 0.05) is 4.88 Å². The number of carbonyl (C=O) groups excluding carboxylic acids is 1. The summed E-state index contributed by atoms with van der Waals surface area (Å²) >= 11 is 1.56. The lowest BCUT2D eigenvalue weighted by atomic mass is 10.1. The molecule has 0 saturated heterocycles. The van der Waals surface area contributed by atoms with Crippen molar-refractivity contribution in [3.05, 3.63) is 39.8 Å². The molecule has 28 heavy (non-hydrogen) atoms. The Morgan fingerprint density at radius 3 is 2.64 bits per heavy atom. The van der Waals surface area contributed by atoms with Gasteiger partial charge < -0.3 is 14.8 Å². The molecule has 0 saturated carbocycles. The average Bonchev–Trinajstić information content (AvgIpc) is 2.83. The van der Waals surface area contributed by atoms with E-state index in [1.54, 1.807) is 11.3 Å². The van der Waals surface area contributed by atoms with Crippen molar-refractivity contribution in [1.29, 1.82) is 5.26 Å². The van der Waals surface area contributed by atoms with Gasteiger partial charge in [0.2, 0.25) is 5.91 Å². The maximum atomic E-state index is 12.6. The van der Waals surface area contributed by atoms with Gasteiger partial charge in [0.1, 0.15) is 11.1 Å². The third-order valence-electron chi connectivity index (χ3n) is 4.76. The van der Waals surface area contributed by atoms with Gasteiger partial charge in [-0.1, -0.05) is 12.5 Å². The van der Waals surface area contributed by atoms with E-state index in [2.05, 4.69) is 11.4 Å². The van der Waals surface area contributed by atoms with Gasteiger partial charge in [0.05, 0.1) is 25.2 Å². The van der Waals surface area contributed by atoms with Gasteiger partial charge in [-0.05, 0) is 62.8 Å². The van der Waals surface area contributed by atoms with E-state index >= 15 is 0 Å². The van der Waals surface area contributed by atoms with Crippen molar-refractivity contribution in [2.75, 3.05) is 18.5 Å². The van der Waals surface area contributed by atoms with Crippen LogP contribution in [0.5, 0.6) is 11.5 Å². The van der Waals surface area contributed by atoms with Crippen LogP contribution >= 0.6 is 11.3 Å². The summed E-state index contributed by atoms with van der Waals surface area (Å²) in [6.45, 7) is 4.92. The standard InChI is InChI=1S/C22H26N2O3S/c1-3-26-18-11-10-15(12-19(18)27-4-2)13-21(25)24-22-17(14-23)16-8-6-5-7-9-20(16)28-22/h10-12H,3-9,13H2,1-2H3,(H,24,25). The highest BCUT2D eigenvalue weighted by molar-refractivity contribution is 7.16. The number of hydrogen-bond donors (Lipinski definition) is 1. The van der Waals surface area contributed by atoms with Crippen molar-refractivity contribution in [3.63, 3.8) is 0 Å². The number of hydrogen-bond acceptors (Lipinski definition) is 5. The van der Waals surface area contributed by atoms with E-state index in [1.165, 1.54) is 11.3 Å². The summed E-state index contributed by atoms with van der Waals surface area (Å²) in [6.07, 6.45) is 5.62. The van der Waals surface area contributed by atoms with Crippen LogP contribution < -0.4 is 14.8 Å². The van der Waals surface area contributed by atoms with Crippen LogP contribution in [0.2, 0.25) is 0 Å². The lowest BCUT2D eigenvalue weighted by Crippen LogP contribution is -2.14. The van der Waals surface area contributed by atoms with E-state index < -0.39 is 0 Å². The van der Waals surface area contributed by atoms with Crippen LogP contribution in [0, 0.1) is 11.3 Å². The second kappa shape index (κ2) is 9.61. The molecule has 0 unspecified atom stereocenters. The summed E-state index contributed by atoms with van der Waals surface area (Å²) in [6, 6.07) is 7.87. The maximum absolute atomic E-state index is 12.6. The number of nitriles is 1. The minimum atomic E-state index is -0.125. The lowest BCUT2D eigenvalue weighted by molar-refractivity contribution is -0.115. The van der Waals surface area contributed by atoms with E-state index in [9.17, 15) is 10.1 Å². The summed E-state index contributed by atoms with van der Waals surface area (Å²) in [5.74, 6) is 1.21. The van der Waals surface area contributed by atoms with E-state index in [0.717, 1.165) is 36.8 Å². The Labute approximate surface area is 170 Å². The smallest absolute Gasteiger partial charge is 0.229 e. The second-order valence-electron chi connectivity index (χ2n) is 6.75. The summed E-state index contributed by atoms with van der Waals surface area (Å²) in [5.41, 5.74) is 2.64. The highest BCUT2D eigenvalue weighted by atomic mass is 32.1. The first-order valence-electron chi connectivity index (χ1n) is 9.89. The van der Waals surface area contributed by atoms with Crippen molar-refractivity contribution in [1.82, 2.24) is 0 Å². The molecule has 3 rings (SSSR count). The van der Waals surface area contributed by atoms with Crippen LogP contribution in [0.1, 0.15) is 54.7 Å². The molecule has 0 spiro atoms. The monoisotopic (exact) mass is 398 g/mol. The topological polar surface area (TPSA) is 71.3 Å². The Hall–Kier alpha value is -2.52. The summed E-state index contributed by atoms with van der Waals surface area (Å²) in [7, 11) is 0. The molecule has 0 fully saturated rings. The molecule has 6 heteroatoms. The number of carbonyl (C=O) groups is 1. The molecule has 0 radical (unpaired) electrons. The molecule has 1 aromatic heterocycles. The first kappa shape index (κ1) is 20.2. The van der Waals surface area contributed by atoms with Crippen LogP contribution in [0.25, 0.3) is 0 Å². The predicted molar refractivity (Wildman–Crippen MR) is 111 cm³/mol. The van der Waals surface area contributed by atoms with Gasteiger partial charge >= 0.3 is 0 Å². The summed E-state index contributed by atoms with van der Waals surface area (Å²) in [5, 5.41) is 13.3. The normalized spacial score (nSPS) is 13.2. The number of ether oxygens (including phenoxy) is 2. The Morgan fingerprint density at radius 1 is 1.14 bits per heavy atom. The highest BCUT2D eigenvalue weighted by Crippen LogP contribution is 2.37. The fourth-order valence-electron chi connectivity index (χ4n) is 3.51. The van der Waals surface area contributed by atoms with Gasteiger partial charge in [-0.3, -0.25) is 4.79 Å². The molecule has 0 atom stereocenters. The highest BCUT2D eigenvalue weighted by Gasteiger charge is 2.21. The van der Waals surface area contributed by atoms with E-state index in [0.29, 0.717) is 35.3 Å². The molecule has 1 N–H and O–H groups in total. The molecule has 1 aromatic carbocycles. The number of nitrogens with zero attached hydrogens (tertiary/aromatic N) is 1. The Balaban J connectivity index is 1.74. The molecular weight excluding hydrogens is 372 g/mol. The molecule has 1 aliphatic rings. The second-order valence-corrected chi connectivity index (χ2v) is 7.86. The molecule has 1 heterocycles. The van der Waals surface area contributed by atoms with Crippen molar-refractivity contribution in [2.24, 2.45) is 0 Å². The van der Waals surface area contributed by atoms with Gasteiger partial charge in [-0.25, -0.2) is 0 Å². The van der Waals surface area contributed by atoms with Gasteiger partial charge in [0.25, 0.3) is 0 Å². The molecule has 0 aliphatic heterocycles. The molecule has 1 amide bonds. The van der Waals surface area contributed by atoms with E-state index in [1.807, 2.05) is 32.0 Å². The van der Waals surface area contributed by atoms with Gasteiger partial charge in [-0.2, -0.15) is 5.26 Å². The van der Waals surface area contributed by atoms with Gasteiger partial charge in [-0.15, -0.1) is 11.3 Å². The molecule has 1 aliphatic carbocycles. The fourth-order valence-corrected chi connectivity index (χ4v) is 4.77. The quantitative estimate of drug-likeness (QED) is 0.676. The maximum Gasteiger partial charge on any atom is 0.229 e. The zero-order valence-corrected chi connectivity index (χ0v) is 17.3. The third kappa shape index (κ3) is 4.66. The number of anilines is 1. The predicted octanol–water partition coefficient (Wildman–Crippen LogP) is 4.87. The van der Waals surface area contributed by atoms with Crippen molar-refractivity contribution >= 4 is 22.2 Å². The zero-order valence-electron chi connectivity index (χ0n) is 16.5. The zero-order chi connectivity index (χ0) is 19.9. The Bertz CT molecular complexity index is 883. The van der Waals surface area contributed by atoms with Crippen molar-refractivity contribution in [3.8, 4) is 17.6 Å². The molecule has 0 bridgehead atoms. The third-order valence-corrected chi connectivity index (χ3v) is 5.97. The van der Waals surface area contributed by atoms with Gasteiger partial charge in [0.15, 0.2) is 11.5 Å². The SMILES string of the molecule is CCOc1ccc(CC(=O)Nc2sc3c(c2C#N)CCCCC3)cc1OCC. The van der Waals surface area contributed by atoms with Crippen molar-refractivity contribution < 1.29 is 14.3 Å². The average molecular weight is 399 g/mol. The van der Waals surface area contributed by atoms with Crippen LogP contribution in [-0.2, 0) is 24.1 Å². The summed E-state index contributed by atoms with van der Waals surface area (Å²) < 4.78 is 11.2. The first-order valence-corrected chi connectivity index (χ1v) is 10.7. The van der Waals surface area contributed by atoms with Crippen LogP contribution in [0.3, 0.4) is 0 Å². The van der Waals surface area contributed by atoms with E-state index in [-0.39, 0.29) is 12.3 Å². The number of aryl methyl sites for hydroxylation is 1. The van der Waals surface area contributed by atoms with E-state index in [4.69, 9.17) is 9.47 Å².